The minimum atomic E-state index is -4.60. The standard InChI is InChI=1S/C16H12F3NO3S2/c17-16(18,19)13-2-1-3-15(7-13)25(21,22)20-8-14-6-12(10-24-14)11-4-5-23-9-11/h1-7,9-10,20H,8H2. The molecule has 1 aromatic carbocycles. The van der Waals surface area contributed by atoms with Gasteiger partial charge >= 0.3 is 6.18 Å². The van der Waals surface area contributed by atoms with Gasteiger partial charge in [-0.3, -0.25) is 0 Å². The van der Waals surface area contributed by atoms with Crippen molar-refractivity contribution in [3.63, 3.8) is 0 Å². The molecule has 0 aliphatic heterocycles. The summed E-state index contributed by atoms with van der Waals surface area (Å²) < 4.78 is 69.9. The van der Waals surface area contributed by atoms with E-state index in [1.807, 2.05) is 5.38 Å². The molecule has 0 fully saturated rings. The number of hydrogen-bond acceptors (Lipinski definition) is 4. The second-order valence-electron chi connectivity index (χ2n) is 5.16. The Labute approximate surface area is 146 Å². The van der Waals surface area contributed by atoms with E-state index >= 15 is 0 Å². The molecule has 0 aliphatic carbocycles. The zero-order chi connectivity index (χ0) is 18.1. The Balaban J connectivity index is 1.74. The zero-order valence-corrected chi connectivity index (χ0v) is 14.2. The third-order valence-corrected chi connectivity index (χ3v) is 5.75. The topological polar surface area (TPSA) is 59.3 Å². The highest BCUT2D eigenvalue weighted by molar-refractivity contribution is 7.89. The predicted octanol–water partition coefficient (Wildman–Crippen LogP) is 4.51. The first kappa shape index (κ1) is 17.7. The summed E-state index contributed by atoms with van der Waals surface area (Å²) in [6, 6.07) is 7.22. The van der Waals surface area contributed by atoms with E-state index in [2.05, 4.69) is 4.72 Å². The van der Waals surface area contributed by atoms with Crippen LogP contribution in [0.25, 0.3) is 11.1 Å². The highest BCUT2D eigenvalue weighted by Gasteiger charge is 2.31. The van der Waals surface area contributed by atoms with Gasteiger partial charge in [0.15, 0.2) is 0 Å². The summed E-state index contributed by atoms with van der Waals surface area (Å²) in [7, 11) is -4.05. The van der Waals surface area contributed by atoms with Gasteiger partial charge in [-0.1, -0.05) is 6.07 Å². The van der Waals surface area contributed by atoms with Crippen LogP contribution in [0.15, 0.2) is 63.6 Å². The fourth-order valence-corrected chi connectivity index (χ4v) is 4.12. The third-order valence-electron chi connectivity index (χ3n) is 3.42. The highest BCUT2D eigenvalue weighted by Crippen LogP contribution is 2.30. The van der Waals surface area contributed by atoms with Crippen LogP contribution in [0.3, 0.4) is 0 Å². The summed E-state index contributed by atoms with van der Waals surface area (Å²) in [6.07, 6.45) is -1.50. The molecule has 0 unspecified atom stereocenters. The number of thiophene rings is 1. The molecule has 132 valence electrons. The number of alkyl halides is 3. The predicted molar refractivity (Wildman–Crippen MR) is 87.5 cm³/mol. The molecule has 3 aromatic rings. The van der Waals surface area contributed by atoms with E-state index in [-0.39, 0.29) is 6.54 Å². The second kappa shape index (κ2) is 6.66. The van der Waals surface area contributed by atoms with Gasteiger partial charge in [-0.05, 0) is 41.3 Å². The van der Waals surface area contributed by atoms with Gasteiger partial charge in [0.05, 0.1) is 23.0 Å². The van der Waals surface area contributed by atoms with Crippen LogP contribution in [0.4, 0.5) is 13.2 Å². The van der Waals surface area contributed by atoms with E-state index in [9.17, 15) is 21.6 Å². The quantitative estimate of drug-likeness (QED) is 0.701. The molecular formula is C16H12F3NO3S2. The Morgan fingerprint density at radius 2 is 1.92 bits per heavy atom. The van der Waals surface area contributed by atoms with Gasteiger partial charge in [-0.15, -0.1) is 11.3 Å². The van der Waals surface area contributed by atoms with E-state index in [4.69, 9.17) is 4.42 Å². The van der Waals surface area contributed by atoms with Gasteiger partial charge < -0.3 is 4.42 Å². The normalized spacial score (nSPS) is 12.4. The molecule has 1 N–H and O–H groups in total. The average Bonchev–Trinajstić information content (AvgIpc) is 3.23. The fraction of sp³-hybridized carbons (Fsp3) is 0.125. The van der Waals surface area contributed by atoms with E-state index in [1.165, 1.54) is 17.6 Å². The number of halogens is 3. The van der Waals surface area contributed by atoms with Crippen molar-refractivity contribution < 1.29 is 26.0 Å². The van der Waals surface area contributed by atoms with Gasteiger partial charge in [0.1, 0.15) is 0 Å². The second-order valence-corrected chi connectivity index (χ2v) is 7.93. The molecule has 0 bridgehead atoms. The molecule has 4 nitrogen and oxygen atoms in total. The van der Waals surface area contributed by atoms with Crippen molar-refractivity contribution in [1.82, 2.24) is 4.72 Å². The van der Waals surface area contributed by atoms with Crippen LogP contribution in [0.2, 0.25) is 0 Å². The van der Waals surface area contributed by atoms with Gasteiger partial charge in [0.2, 0.25) is 10.0 Å². The fourth-order valence-electron chi connectivity index (χ4n) is 2.14. The SMILES string of the molecule is O=S(=O)(NCc1cc(-c2ccoc2)cs1)c1cccc(C(F)(F)F)c1. The molecule has 0 spiro atoms. The third kappa shape index (κ3) is 4.12. The summed E-state index contributed by atoms with van der Waals surface area (Å²) in [5.74, 6) is 0. The Kier molecular flexibility index (Phi) is 4.72. The van der Waals surface area contributed by atoms with Crippen LogP contribution in [0.1, 0.15) is 10.4 Å². The van der Waals surface area contributed by atoms with Crippen LogP contribution in [-0.4, -0.2) is 8.42 Å². The summed E-state index contributed by atoms with van der Waals surface area (Å²) >= 11 is 1.34. The minimum Gasteiger partial charge on any atom is -0.472 e. The highest BCUT2D eigenvalue weighted by atomic mass is 32.2. The molecule has 2 aromatic heterocycles. The molecule has 25 heavy (non-hydrogen) atoms. The van der Waals surface area contributed by atoms with E-state index in [1.54, 1.807) is 18.4 Å². The Morgan fingerprint density at radius 1 is 1.12 bits per heavy atom. The van der Waals surface area contributed by atoms with Crippen molar-refractivity contribution in [3.8, 4) is 11.1 Å². The lowest BCUT2D eigenvalue weighted by Gasteiger charge is -2.10. The Bertz CT molecular complexity index is 961. The average molecular weight is 387 g/mol. The number of rotatable bonds is 5. The number of sulfonamides is 1. The molecule has 0 saturated carbocycles. The molecule has 0 aliphatic rings. The van der Waals surface area contributed by atoms with Crippen LogP contribution >= 0.6 is 11.3 Å². The summed E-state index contributed by atoms with van der Waals surface area (Å²) in [5, 5.41) is 1.85. The molecule has 0 atom stereocenters. The molecule has 9 heteroatoms. The van der Waals surface area contributed by atoms with Gasteiger partial charge in [-0.25, -0.2) is 13.1 Å². The smallest absolute Gasteiger partial charge is 0.416 e. The zero-order valence-electron chi connectivity index (χ0n) is 12.6. The van der Waals surface area contributed by atoms with Crippen LogP contribution in [-0.2, 0) is 22.7 Å². The maximum atomic E-state index is 12.7. The van der Waals surface area contributed by atoms with Crippen molar-refractivity contribution >= 4 is 21.4 Å². The first-order valence-corrected chi connectivity index (χ1v) is 9.39. The maximum Gasteiger partial charge on any atom is 0.416 e. The van der Waals surface area contributed by atoms with Crippen molar-refractivity contribution in [3.05, 3.63) is 64.7 Å². The number of hydrogen-bond donors (Lipinski definition) is 1. The summed E-state index contributed by atoms with van der Waals surface area (Å²) in [6.45, 7) is -0.0128. The number of benzene rings is 1. The first-order chi connectivity index (χ1) is 11.8. The molecule has 2 heterocycles. The monoisotopic (exact) mass is 387 g/mol. The van der Waals surface area contributed by atoms with E-state index in [0.717, 1.165) is 34.2 Å². The lowest BCUT2D eigenvalue weighted by molar-refractivity contribution is -0.137. The maximum absolute atomic E-state index is 12.7. The van der Waals surface area contributed by atoms with Crippen molar-refractivity contribution in [2.45, 2.75) is 17.6 Å². The minimum absolute atomic E-state index is 0.0128. The molecular weight excluding hydrogens is 375 g/mol. The lowest BCUT2D eigenvalue weighted by Crippen LogP contribution is -2.23. The largest absolute Gasteiger partial charge is 0.472 e. The molecule has 3 rings (SSSR count). The summed E-state index contributed by atoms with van der Waals surface area (Å²) in [4.78, 5) is 0.306. The van der Waals surface area contributed by atoms with Gasteiger partial charge in [0.25, 0.3) is 0 Å². The molecule has 0 radical (unpaired) electrons. The molecule has 0 saturated heterocycles. The Hall–Kier alpha value is -2.10. The van der Waals surface area contributed by atoms with Crippen LogP contribution < -0.4 is 4.72 Å². The van der Waals surface area contributed by atoms with Crippen molar-refractivity contribution in [2.24, 2.45) is 0 Å². The van der Waals surface area contributed by atoms with Crippen LogP contribution in [0.5, 0.6) is 0 Å². The van der Waals surface area contributed by atoms with Crippen molar-refractivity contribution in [2.75, 3.05) is 0 Å². The van der Waals surface area contributed by atoms with Gasteiger partial charge in [-0.2, -0.15) is 13.2 Å². The Morgan fingerprint density at radius 3 is 2.60 bits per heavy atom. The summed E-state index contributed by atoms with van der Waals surface area (Å²) in [5.41, 5.74) is 0.740. The van der Waals surface area contributed by atoms with Gasteiger partial charge in [0, 0.05) is 17.0 Å². The van der Waals surface area contributed by atoms with E-state index < -0.39 is 26.7 Å². The molecule has 0 amide bonds. The number of furan rings is 1. The lowest BCUT2D eigenvalue weighted by atomic mass is 10.2. The number of nitrogens with one attached hydrogen (secondary N) is 1. The van der Waals surface area contributed by atoms with Crippen LogP contribution in [0, 0.1) is 0 Å². The van der Waals surface area contributed by atoms with E-state index in [0.29, 0.717) is 6.07 Å². The first-order valence-electron chi connectivity index (χ1n) is 7.02. The van der Waals surface area contributed by atoms with Crippen molar-refractivity contribution in [1.29, 1.82) is 0 Å².